The highest BCUT2D eigenvalue weighted by molar-refractivity contribution is 5.94. The van der Waals surface area contributed by atoms with Crippen molar-refractivity contribution in [3.8, 4) is 0 Å². The second-order valence-corrected chi connectivity index (χ2v) is 7.51. The number of ether oxygens (including phenoxy) is 1. The lowest BCUT2D eigenvalue weighted by atomic mass is 10.2. The molecule has 1 atom stereocenters. The molecule has 1 aromatic carbocycles. The first-order valence-electron chi connectivity index (χ1n) is 10.1. The van der Waals surface area contributed by atoms with Crippen LogP contribution in [0, 0.1) is 6.92 Å². The molecule has 1 saturated heterocycles. The van der Waals surface area contributed by atoms with Crippen LogP contribution in [0.1, 0.15) is 25.1 Å². The van der Waals surface area contributed by atoms with E-state index >= 15 is 0 Å². The molecule has 0 bridgehead atoms. The number of fused-ring (bicyclic) bond motifs is 3. The Kier molecular flexibility index (Phi) is 5.64. The summed E-state index contributed by atoms with van der Waals surface area (Å²) in [6, 6.07) is 8.78. The second-order valence-electron chi connectivity index (χ2n) is 7.51. The van der Waals surface area contributed by atoms with Crippen molar-refractivity contribution in [3.63, 3.8) is 0 Å². The Bertz CT molecular complexity index is 1080. The van der Waals surface area contributed by atoms with Gasteiger partial charge in [0, 0.05) is 36.8 Å². The molecule has 0 spiro atoms. The monoisotopic (exact) mass is 397 g/mol. The number of aryl methyl sites for hydroxylation is 1. The fourth-order valence-electron chi connectivity index (χ4n) is 3.99. The van der Waals surface area contributed by atoms with Crippen molar-refractivity contribution in [2.45, 2.75) is 26.3 Å². The van der Waals surface area contributed by atoms with Crippen LogP contribution in [0.5, 0.6) is 0 Å². The molecule has 0 aliphatic carbocycles. The van der Waals surface area contributed by atoms with Gasteiger partial charge in [0.2, 0.25) is 5.91 Å². The summed E-state index contributed by atoms with van der Waals surface area (Å²) in [6.45, 7) is 8.80. The van der Waals surface area contributed by atoms with Gasteiger partial charge in [0.1, 0.15) is 6.04 Å². The van der Waals surface area contributed by atoms with Crippen LogP contribution < -0.4 is 10.9 Å². The summed E-state index contributed by atoms with van der Waals surface area (Å²) in [7, 11) is 0. The molecule has 8 heteroatoms. The van der Waals surface area contributed by atoms with Gasteiger partial charge < -0.3 is 10.1 Å². The molecule has 0 radical (unpaired) electrons. The van der Waals surface area contributed by atoms with Crippen LogP contribution in [0.15, 0.2) is 35.1 Å². The van der Waals surface area contributed by atoms with E-state index in [1.165, 1.54) is 6.07 Å². The van der Waals surface area contributed by atoms with Crippen molar-refractivity contribution in [3.05, 3.63) is 46.4 Å². The van der Waals surface area contributed by atoms with Crippen molar-refractivity contribution in [2.24, 2.45) is 0 Å². The third kappa shape index (κ3) is 3.90. The summed E-state index contributed by atoms with van der Waals surface area (Å²) in [5.74, 6) is -0.0484. The molecule has 3 heterocycles. The third-order valence-corrected chi connectivity index (χ3v) is 5.49. The molecule has 29 heavy (non-hydrogen) atoms. The molecule has 1 fully saturated rings. The number of nitrogens with zero attached hydrogens (tertiary/aromatic N) is 4. The number of aromatic nitrogens is 3. The van der Waals surface area contributed by atoms with Gasteiger partial charge in [-0.2, -0.15) is 4.98 Å². The smallest absolute Gasteiger partial charge is 0.273 e. The quantitative estimate of drug-likeness (QED) is 0.635. The van der Waals surface area contributed by atoms with Crippen molar-refractivity contribution in [1.29, 1.82) is 0 Å². The van der Waals surface area contributed by atoms with E-state index in [-0.39, 0.29) is 11.5 Å². The molecule has 154 valence electrons. The summed E-state index contributed by atoms with van der Waals surface area (Å²) >= 11 is 0. The minimum atomic E-state index is -0.441. The highest BCUT2D eigenvalue weighted by atomic mass is 16.5. The summed E-state index contributed by atoms with van der Waals surface area (Å²) in [5.41, 5.74) is 1.94. The topological polar surface area (TPSA) is 80.9 Å². The van der Waals surface area contributed by atoms with Gasteiger partial charge in [-0.05, 0) is 38.9 Å². The Labute approximate surface area is 169 Å². The summed E-state index contributed by atoms with van der Waals surface area (Å²) in [5, 5.41) is 3.92. The largest absolute Gasteiger partial charge is 0.379 e. The van der Waals surface area contributed by atoms with E-state index in [2.05, 4.69) is 15.2 Å². The molecule has 0 saturated carbocycles. The Balaban J connectivity index is 1.53. The first-order valence-corrected chi connectivity index (χ1v) is 10.1. The Morgan fingerprint density at radius 1 is 1.28 bits per heavy atom. The molecule has 1 amide bonds. The maximum Gasteiger partial charge on any atom is 0.273 e. The van der Waals surface area contributed by atoms with Crippen molar-refractivity contribution in [1.82, 2.24) is 24.4 Å². The number of carbonyl (C=O) groups is 1. The van der Waals surface area contributed by atoms with Gasteiger partial charge in [-0.3, -0.25) is 19.2 Å². The van der Waals surface area contributed by atoms with Gasteiger partial charge in [-0.25, -0.2) is 4.52 Å². The minimum Gasteiger partial charge on any atom is -0.379 e. The average molecular weight is 397 g/mol. The standard InChI is InChI=1S/C21H27N5O3/c1-15-14-19(27)23-20-17-6-3-4-7-18(17)26(25(15)20)16(2)21(28)22-8-5-9-24-10-12-29-13-11-24/h3-4,6-7,14,16H,5,8-13H2,1-2H3,(H,22,28)/t16-/m1/s1. The number of morpholine rings is 1. The van der Waals surface area contributed by atoms with Crippen LogP contribution >= 0.6 is 0 Å². The highest BCUT2D eigenvalue weighted by Gasteiger charge is 2.22. The summed E-state index contributed by atoms with van der Waals surface area (Å²) in [4.78, 5) is 31.4. The number of hydrogen-bond acceptors (Lipinski definition) is 5. The van der Waals surface area contributed by atoms with Crippen LogP contribution in [-0.4, -0.2) is 64.4 Å². The molecule has 1 aliphatic rings. The van der Waals surface area contributed by atoms with Crippen molar-refractivity contribution < 1.29 is 9.53 Å². The molecular weight excluding hydrogens is 370 g/mol. The second kappa shape index (κ2) is 8.34. The van der Waals surface area contributed by atoms with Crippen LogP contribution in [0.4, 0.5) is 0 Å². The minimum absolute atomic E-state index is 0.0484. The van der Waals surface area contributed by atoms with Gasteiger partial charge in [-0.15, -0.1) is 0 Å². The maximum atomic E-state index is 12.9. The van der Waals surface area contributed by atoms with Crippen molar-refractivity contribution in [2.75, 3.05) is 39.4 Å². The lowest BCUT2D eigenvalue weighted by Gasteiger charge is -2.26. The van der Waals surface area contributed by atoms with E-state index in [9.17, 15) is 9.59 Å². The highest BCUT2D eigenvalue weighted by Crippen LogP contribution is 2.24. The lowest BCUT2D eigenvalue weighted by Crippen LogP contribution is -2.39. The van der Waals surface area contributed by atoms with Crippen LogP contribution in [0.25, 0.3) is 16.6 Å². The predicted octanol–water partition coefficient (Wildman–Crippen LogP) is 1.36. The number of para-hydroxylation sites is 1. The van der Waals surface area contributed by atoms with Crippen LogP contribution in [0.3, 0.4) is 0 Å². The number of rotatable bonds is 6. The number of amides is 1. The Hall–Kier alpha value is -2.71. The zero-order valence-corrected chi connectivity index (χ0v) is 16.9. The fraction of sp³-hybridized carbons (Fsp3) is 0.476. The Morgan fingerprint density at radius 2 is 2.03 bits per heavy atom. The molecular formula is C21H27N5O3. The summed E-state index contributed by atoms with van der Waals surface area (Å²) < 4.78 is 9.15. The number of nitrogens with one attached hydrogen (secondary N) is 1. The third-order valence-electron chi connectivity index (χ3n) is 5.49. The van der Waals surface area contributed by atoms with Crippen LogP contribution in [0.2, 0.25) is 0 Å². The first-order chi connectivity index (χ1) is 14.1. The average Bonchev–Trinajstić information content (AvgIpc) is 3.06. The van der Waals surface area contributed by atoms with Gasteiger partial charge in [-0.1, -0.05) is 12.1 Å². The predicted molar refractivity (Wildman–Crippen MR) is 111 cm³/mol. The van der Waals surface area contributed by atoms with E-state index in [1.54, 1.807) is 0 Å². The van der Waals surface area contributed by atoms with Crippen LogP contribution in [-0.2, 0) is 9.53 Å². The van der Waals surface area contributed by atoms with Gasteiger partial charge in [0.05, 0.1) is 18.7 Å². The normalized spacial score (nSPS) is 16.3. The number of benzene rings is 1. The van der Waals surface area contributed by atoms with E-state index in [0.29, 0.717) is 12.2 Å². The Morgan fingerprint density at radius 3 is 2.83 bits per heavy atom. The molecule has 8 nitrogen and oxygen atoms in total. The molecule has 0 unspecified atom stereocenters. The number of carbonyl (C=O) groups excluding carboxylic acids is 1. The SMILES string of the molecule is Cc1cc(=O)nc2c3ccccc3n([C@H](C)C(=O)NCCCN3CCOCC3)n12. The van der Waals surface area contributed by atoms with Gasteiger partial charge in [0.15, 0.2) is 5.65 Å². The van der Waals surface area contributed by atoms with E-state index in [1.807, 2.05) is 47.3 Å². The molecule has 4 rings (SSSR count). The van der Waals surface area contributed by atoms with Crippen molar-refractivity contribution >= 4 is 22.5 Å². The molecule has 3 aromatic rings. The molecule has 1 N–H and O–H groups in total. The fourth-order valence-corrected chi connectivity index (χ4v) is 3.99. The lowest BCUT2D eigenvalue weighted by molar-refractivity contribution is -0.124. The summed E-state index contributed by atoms with van der Waals surface area (Å²) in [6.07, 6.45) is 0.902. The molecule has 2 aromatic heterocycles. The zero-order chi connectivity index (χ0) is 20.4. The van der Waals surface area contributed by atoms with E-state index in [4.69, 9.17) is 4.74 Å². The van der Waals surface area contributed by atoms with E-state index in [0.717, 1.165) is 55.9 Å². The van der Waals surface area contributed by atoms with Gasteiger partial charge in [0.25, 0.3) is 5.56 Å². The molecule has 1 aliphatic heterocycles. The zero-order valence-electron chi connectivity index (χ0n) is 16.9. The number of hydrogen-bond donors (Lipinski definition) is 1. The van der Waals surface area contributed by atoms with Gasteiger partial charge >= 0.3 is 0 Å². The first kappa shape index (κ1) is 19.6. The van der Waals surface area contributed by atoms with E-state index < -0.39 is 6.04 Å². The maximum absolute atomic E-state index is 12.9.